The predicted molar refractivity (Wildman–Crippen MR) is 90.6 cm³/mol. The summed E-state index contributed by atoms with van der Waals surface area (Å²) < 4.78 is 1.44. The number of hydrogen-bond acceptors (Lipinski definition) is 2. The number of rotatable bonds is 4. The van der Waals surface area contributed by atoms with E-state index in [1.807, 2.05) is 25.1 Å². The van der Waals surface area contributed by atoms with Gasteiger partial charge in [0.15, 0.2) is 0 Å². The van der Waals surface area contributed by atoms with Gasteiger partial charge in [0.25, 0.3) is 5.56 Å². The van der Waals surface area contributed by atoms with Crippen molar-refractivity contribution in [3.8, 4) is 0 Å². The van der Waals surface area contributed by atoms with Gasteiger partial charge >= 0.3 is 0 Å². The lowest BCUT2D eigenvalue weighted by Crippen LogP contribution is -2.33. The Kier molecular flexibility index (Phi) is 4.21. The van der Waals surface area contributed by atoms with Crippen LogP contribution in [0.2, 0.25) is 5.02 Å². The minimum Gasteiger partial charge on any atom is -0.360 e. The molecule has 6 heteroatoms. The molecule has 1 amide bonds. The Bertz CT molecular complexity index is 913. The molecular formula is C17H16ClN3O2. The van der Waals surface area contributed by atoms with Crippen molar-refractivity contribution < 1.29 is 4.79 Å². The Hall–Kier alpha value is -2.53. The van der Waals surface area contributed by atoms with Gasteiger partial charge in [0.1, 0.15) is 6.54 Å². The van der Waals surface area contributed by atoms with E-state index in [4.69, 9.17) is 11.6 Å². The van der Waals surface area contributed by atoms with Gasteiger partial charge in [-0.15, -0.1) is 0 Å². The van der Waals surface area contributed by atoms with Crippen molar-refractivity contribution in [3.63, 3.8) is 0 Å². The average molecular weight is 330 g/mol. The van der Waals surface area contributed by atoms with Crippen LogP contribution in [-0.4, -0.2) is 15.5 Å². The summed E-state index contributed by atoms with van der Waals surface area (Å²) in [5.41, 5.74) is 2.15. The van der Waals surface area contributed by atoms with E-state index < -0.39 is 0 Å². The summed E-state index contributed by atoms with van der Waals surface area (Å²) in [5, 5.41) is 3.48. The van der Waals surface area contributed by atoms with Crippen LogP contribution >= 0.6 is 11.6 Å². The van der Waals surface area contributed by atoms with Crippen LogP contribution in [0, 0.1) is 0 Å². The molecule has 1 aromatic carbocycles. The molecule has 0 saturated heterocycles. The summed E-state index contributed by atoms with van der Waals surface area (Å²) in [7, 11) is 0. The lowest BCUT2D eigenvalue weighted by molar-refractivity contribution is -0.122. The van der Waals surface area contributed by atoms with Crippen LogP contribution in [0.5, 0.6) is 0 Å². The highest BCUT2D eigenvalue weighted by Crippen LogP contribution is 2.22. The van der Waals surface area contributed by atoms with Crippen molar-refractivity contribution in [1.82, 2.24) is 14.9 Å². The van der Waals surface area contributed by atoms with Crippen LogP contribution in [-0.2, 0) is 11.3 Å². The van der Waals surface area contributed by atoms with E-state index in [1.165, 1.54) is 10.6 Å². The molecule has 5 nitrogen and oxygen atoms in total. The number of benzene rings is 1. The van der Waals surface area contributed by atoms with Gasteiger partial charge in [-0.1, -0.05) is 29.8 Å². The number of hydrogen-bond donors (Lipinski definition) is 2. The van der Waals surface area contributed by atoms with E-state index in [-0.39, 0.29) is 24.1 Å². The minimum atomic E-state index is -0.242. The van der Waals surface area contributed by atoms with Crippen molar-refractivity contribution in [2.24, 2.45) is 0 Å². The van der Waals surface area contributed by atoms with Gasteiger partial charge in [-0.25, -0.2) is 0 Å². The molecule has 0 spiro atoms. The topological polar surface area (TPSA) is 66.9 Å². The summed E-state index contributed by atoms with van der Waals surface area (Å²) in [6, 6.07) is 12.1. The van der Waals surface area contributed by atoms with Crippen LogP contribution in [0.1, 0.15) is 18.5 Å². The van der Waals surface area contributed by atoms with Gasteiger partial charge in [-0.05, 0) is 30.7 Å². The highest BCUT2D eigenvalue weighted by molar-refractivity contribution is 6.31. The van der Waals surface area contributed by atoms with Gasteiger partial charge in [-0.3, -0.25) is 14.2 Å². The molecule has 0 aliphatic rings. The average Bonchev–Trinajstić information content (AvgIpc) is 2.99. The van der Waals surface area contributed by atoms with Crippen molar-refractivity contribution in [2.75, 3.05) is 0 Å². The SMILES string of the molecule is CC(NC(=O)Cn1c(=O)ccc2[nH]ccc21)c1ccccc1Cl. The first-order valence-corrected chi connectivity index (χ1v) is 7.65. The standard InChI is InChI=1S/C17H16ClN3O2/c1-11(12-4-2-3-5-13(12)18)20-16(22)10-21-15-8-9-19-14(15)6-7-17(21)23/h2-9,11,19H,10H2,1H3,(H,20,22). The van der Waals surface area contributed by atoms with E-state index >= 15 is 0 Å². The lowest BCUT2D eigenvalue weighted by atomic mass is 10.1. The fourth-order valence-electron chi connectivity index (χ4n) is 2.60. The summed E-state index contributed by atoms with van der Waals surface area (Å²) in [6.45, 7) is 1.82. The molecule has 2 heterocycles. The fraction of sp³-hybridized carbons (Fsp3) is 0.176. The molecule has 2 N–H and O–H groups in total. The Balaban J connectivity index is 1.79. The summed E-state index contributed by atoms with van der Waals surface area (Å²) in [4.78, 5) is 27.4. The monoisotopic (exact) mass is 329 g/mol. The minimum absolute atomic E-state index is 0.0389. The third-order valence-electron chi connectivity index (χ3n) is 3.76. The number of aromatic amines is 1. The molecule has 0 fully saturated rings. The quantitative estimate of drug-likeness (QED) is 0.773. The molecule has 118 valence electrons. The van der Waals surface area contributed by atoms with E-state index in [0.717, 1.165) is 11.1 Å². The fourth-order valence-corrected chi connectivity index (χ4v) is 2.90. The van der Waals surface area contributed by atoms with E-state index in [9.17, 15) is 9.59 Å². The summed E-state index contributed by atoms with van der Waals surface area (Å²) in [6.07, 6.45) is 1.74. The number of carbonyl (C=O) groups excluding carboxylic acids is 1. The normalized spacial score (nSPS) is 12.3. The number of fused-ring (bicyclic) bond motifs is 1. The van der Waals surface area contributed by atoms with Crippen LogP contribution in [0.3, 0.4) is 0 Å². The van der Waals surface area contributed by atoms with Gasteiger partial charge in [0, 0.05) is 17.3 Å². The van der Waals surface area contributed by atoms with Gasteiger partial charge in [-0.2, -0.15) is 0 Å². The number of nitrogens with one attached hydrogen (secondary N) is 2. The number of pyridine rings is 1. The van der Waals surface area contributed by atoms with Crippen molar-refractivity contribution in [3.05, 3.63) is 69.6 Å². The van der Waals surface area contributed by atoms with Gasteiger partial charge in [0.2, 0.25) is 5.91 Å². The van der Waals surface area contributed by atoms with Crippen molar-refractivity contribution >= 4 is 28.5 Å². The van der Waals surface area contributed by atoms with Crippen LogP contribution in [0.25, 0.3) is 11.0 Å². The zero-order chi connectivity index (χ0) is 16.4. The van der Waals surface area contributed by atoms with Crippen molar-refractivity contribution in [1.29, 1.82) is 0 Å². The van der Waals surface area contributed by atoms with E-state index in [1.54, 1.807) is 24.4 Å². The molecule has 0 aliphatic carbocycles. The predicted octanol–water partition coefficient (Wildman–Crippen LogP) is 2.86. The Labute approximate surface area is 137 Å². The van der Waals surface area contributed by atoms with Crippen LogP contribution in [0.15, 0.2) is 53.5 Å². The Morgan fingerprint density at radius 3 is 2.83 bits per heavy atom. The highest BCUT2D eigenvalue weighted by atomic mass is 35.5. The molecule has 3 rings (SSSR count). The zero-order valence-corrected chi connectivity index (χ0v) is 13.3. The maximum atomic E-state index is 12.3. The molecule has 3 aromatic rings. The van der Waals surface area contributed by atoms with Gasteiger partial charge in [0.05, 0.1) is 17.1 Å². The molecule has 2 aromatic heterocycles. The number of H-pyrrole nitrogens is 1. The Morgan fingerprint density at radius 1 is 1.26 bits per heavy atom. The number of aromatic nitrogens is 2. The second-order valence-corrected chi connectivity index (χ2v) is 5.75. The molecule has 1 atom stereocenters. The van der Waals surface area contributed by atoms with E-state index in [0.29, 0.717) is 10.5 Å². The van der Waals surface area contributed by atoms with Crippen LogP contribution < -0.4 is 10.9 Å². The first kappa shape index (κ1) is 15.4. The maximum Gasteiger partial charge on any atom is 0.251 e. The molecule has 0 saturated carbocycles. The molecule has 23 heavy (non-hydrogen) atoms. The molecule has 1 unspecified atom stereocenters. The number of carbonyl (C=O) groups is 1. The molecule has 0 radical (unpaired) electrons. The third kappa shape index (κ3) is 3.14. The second-order valence-electron chi connectivity index (χ2n) is 5.35. The van der Waals surface area contributed by atoms with Gasteiger partial charge < -0.3 is 10.3 Å². The van der Waals surface area contributed by atoms with Crippen molar-refractivity contribution in [2.45, 2.75) is 19.5 Å². The first-order valence-electron chi connectivity index (χ1n) is 7.27. The molecule has 0 aliphatic heterocycles. The number of halogens is 1. The zero-order valence-electron chi connectivity index (χ0n) is 12.5. The molecular weight excluding hydrogens is 314 g/mol. The van der Waals surface area contributed by atoms with Crippen LogP contribution in [0.4, 0.5) is 0 Å². The maximum absolute atomic E-state index is 12.3. The lowest BCUT2D eigenvalue weighted by Gasteiger charge is -2.16. The highest BCUT2D eigenvalue weighted by Gasteiger charge is 2.14. The summed E-state index contributed by atoms with van der Waals surface area (Å²) in [5.74, 6) is -0.242. The largest absolute Gasteiger partial charge is 0.360 e. The number of amides is 1. The third-order valence-corrected chi connectivity index (χ3v) is 4.10. The van der Waals surface area contributed by atoms with E-state index in [2.05, 4.69) is 10.3 Å². The second kappa shape index (κ2) is 6.30. The first-order chi connectivity index (χ1) is 11.1. The smallest absolute Gasteiger partial charge is 0.251 e. The summed E-state index contributed by atoms with van der Waals surface area (Å²) >= 11 is 6.14. The Morgan fingerprint density at radius 2 is 2.04 bits per heavy atom. The number of nitrogens with zero attached hydrogens (tertiary/aromatic N) is 1. The molecule has 0 bridgehead atoms.